The van der Waals surface area contributed by atoms with Gasteiger partial charge >= 0.3 is 0 Å². The summed E-state index contributed by atoms with van der Waals surface area (Å²) in [5.41, 5.74) is 6.29. The van der Waals surface area contributed by atoms with Crippen molar-refractivity contribution in [2.75, 3.05) is 5.75 Å². The van der Waals surface area contributed by atoms with Crippen molar-refractivity contribution in [1.82, 2.24) is 0 Å². The summed E-state index contributed by atoms with van der Waals surface area (Å²) in [6.07, 6.45) is 1.71. The Bertz CT molecular complexity index is 131. The Morgan fingerprint density at radius 2 is 2.62 bits per heavy atom. The van der Waals surface area contributed by atoms with Gasteiger partial charge in [0.2, 0.25) is 0 Å². The first-order chi connectivity index (χ1) is 3.79. The molecule has 3 heteroatoms. The minimum absolute atomic E-state index is 0.862. The van der Waals surface area contributed by atoms with Crippen molar-refractivity contribution < 1.29 is 0 Å². The summed E-state index contributed by atoms with van der Waals surface area (Å²) in [4.78, 5) is 4.00. The van der Waals surface area contributed by atoms with Gasteiger partial charge in [-0.3, -0.25) is 4.99 Å². The van der Waals surface area contributed by atoms with Crippen LogP contribution in [-0.2, 0) is 0 Å². The summed E-state index contributed by atoms with van der Waals surface area (Å²) in [7, 11) is 0. The van der Waals surface area contributed by atoms with Gasteiger partial charge in [0.25, 0.3) is 0 Å². The van der Waals surface area contributed by atoms with Crippen LogP contribution in [0.15, 0.2) is 16.9 Å². The minimum atomic E-state index is 0.862. The van der Waals surface area contributed by atoms with E-state index in [9.17, 15) is 0 Å². The molecular weight excluding hydrogens is 120 g/mol. The molecule has 44 valence electrons. The van der Waals surface area contributed by atoms with Crippen molar-refractivity contribution in [2.45, 2.75) is 6.92 Å². The monoisotopic (exact) mass is 128 g/mol. The summed E-state index contributed by atoms with van der Waals surface area (Å²) in [6, 6.07) is 0. The molecule has 0 aliphatic carbocycles. The van der Waals surface area contributed by atoms with Gasteiger partial charge in [-0.1, -0.05) is 0 Å². The summed E-state index contributed by atoms with van der Waals surface area (Å²) >= 11 is 1.68. The van der Waals surface area contributed by atoms with Crippen LogP contribution in [0.2, 0.25) is 0 Å². The van der Waals surface area contributed by atoms with Gasteiger partial charge in [0.1, 0.15) is 0 Å². The zero-order valence-electron chi connectivity index (χ0n) is 4.72. The Hall–Kier alpha value is -0.440. The maximum absolute atomic E-state index is 5.43. The molecule has 0 radical (unpaired) electrons. The molecule has 0 aromatic rings. The van der Waals surface area contributed by atoms with Crippen molar-refractivity contribution in [3.8, 4) is 0 Å². The van der Waals surface area contributed by atoms with Crippen molar-refractivity contribution in [2.24, 2.45) is 10.7 Å². The molecule has 0 spiro atoms. The zero-order chi connectivity index (χ0) is 5.98. The van der Waals surface area contributed by atoms with E-state index in [1.807, 2.05) is 6.92 Å². The standard InChI is InChI=1S/C5H8N2S/c1-4-7-2-5(6)3-8-4/h2H,3,6H2,1H3. The zero-order valence-corrected chi connectivity index (χ0v) is 5.53. The molecule has 0 saturated heterocycles. The van der Waals surface area contributed by atoms with E-state index in [1.54, 1.807) is 18.0 Å². The average molecular weight is 128 g/mol. The Labute approximate surface area is 52.9 Å². The van der Waals surface area contributed by atoms with Gasteiger partial charge in [0, 0.05) is 17.6 Å². The van der Waals surface area contributed by atoms with E-state index in [2.05, 4.69) is 4.99 Å². The highest BCUT2D eigenvalue weighted by atomic mass is 32.2. The second-order valence-corrected chi connectivity index (χ2v) is 2.81. The average Bonchev–Trinajstić information content (AvgIpc) is 1.77. The maximum atomic E-state index is 5.43. The fraction of sp³-hybridized carbons (Fsp3) is 0.400. The van der Waals surface area contributed by atoms with Crippen LogP contribution >= 0.6 is 11.8 Å². The van der Waals surface area contributed by atoms with Crippen LogP contribution in [0.3, 0.4) is 0 Å². The van der Waals surface area contributed by atoms with Crippen LogP contribution in [0.1, 0.15) is 6.92 Å². The first kappa shape index (κ1) is 5.69. The third-order valence-corrected chi connectivity index (χ3v) is 1.86. The molecule has 2 N–H and O–H groups in total. The molecule has 8 heavy (non-hydrogen) atoms. The van der Waals surface area contributed by atoms with Gasteiger partial charge in [-0.15, -0.1) is 11.8 Å². The Balaban J connectivity index is 2.65. The highest BCUT2D eigenvalue weighted by Gasteiger charge is 1.98. The minimum Gasteiger partial charge on any atom is -0.400 e. The van der Waals surface area contributed by atoms with Crippen molar-refractivity contribution >= 4 is 16.8 Å². The molecule has 1 heterocycles. The largest absolute Gasteiger partial charge is 0.400 e. The van der Waals surface area contributed by atoms with Crippen molar-refractivity contribution in [3.63, 3.8) is 0 Å². The van der Waals surface area contributed by atoms with E-state index in [0.29, 0.717) is 0 Å². The maximum Gasteiger partial charge on any atom is 0.0704 e. The molecule has 1 rings (SSSR count). The number of nitrogens with two attached hydrogens (primary N) is 1. The van der Waals surface area contributed by atoms with Gasteiger partial charge in [0.05, 0.1) is 5.04 Å². The molecule has 0 aromatic heterocycles. The smallest absolute Gasteiger partial charge is 0.0704 e. The lowest BCUT2D eigenvalue weighted by molar-refractivity contribution is 1.28. The van der Waals surface area contributed by atoms with Gasteiger partial charge in [0.15, 0.2) is 0 Å². The molecule has 0 aromatic carbocycles. The third-order valence-electron chi connectivity index (χ3n) is 0.860. The van der Waals surface area contributed by atoms with E-state index in [0.717, 1.165) is 16.5 Å². The fourth-order valence-corrected chi connectivity index (χ4v) is 1.01. The second kappa shape index (κ2) is 2.22. The van der Waals surface area contributed by atoms with E-state index in [1.165, 1.54) is 0 Å². The molecule has 1 aliphatic rings. The number of hydrogen-bond donors (Lipinski definition) is 1. The fourth-order valence-electron chi connectivity index (χ4n) is 0.436. The van der Waals surface area contributed by atoms with E-state index in [-0.39, 0.29) is 0 Å². The van der Waals surface area contributed by atoms with Gasteiger partial charge in [-0.2, -0.15) is 0 Å². The molecule has 2 nitrogen and oxygen atoms in total. The van der Waals surface area contributed by atoms with Crippen molar-refractivity contribution in [1.29, 1.82) is 0 Å². The quantitative estimate of drug-likeness (QED) is 0.527. The van der Waals surface area contributed by atoms with E-state index in [4.69, 9.17) is 5.73 Å². The summed E-state index contributed by atoms with van der Waals surface area (Å²) in [6.45, 7) is 1.98. The molecule has 0 atom stereocenters. The first-order valence-corrected chi connectivity index (χ1v) is 3.39. The molecule has 0 saturated carbocycles. The van der Waals surface area contributed by atoms with Crippen LogP contribution in [-0.4, -0.2) is 10.8 Å². The Morgan fingerprint density at radius 3 is 3.00 bits per heavy atom. The molecule has 0 unspecified atom stereocenters. The number of nitrogens with zero attached hydrogens (tertiary/aromatic N) is 1. The van der Waals surface area contributed by atoms with Gasteiger partial charge in [-0.05, 0) is 6.92 Å². The van der Waals surface area contributed by atoms with Crippen LogP contribution in [0.25, 0.3) is 0 Å². The summed E-state index contributed by atoms with van der Waals surface area (Å²) < 4.78 is 0. The van der Waals surface area contributed by atoms with E-state index >= 15 is 0 Å². The number of hydrogen-bond acceptors (Lipinski definition) is 3. The molecular formula is C5H8N2S. The predicted octanol–water partition coefficient (Wildman–Crippen LogP) is 0.952. The van der Waals surface area contributed by atoms with Crippen molar-refractivity contribution in [3.05, 3.63) is 11.9 Å². The van der Waals surface area contributed by atoms with Crippen LogP contribution in [0.4, 0.5) is 0 Å². The number of thioether (sulfide) groups is 1. The normalized spacial score (nSPS) is 19.6. The lowest BCUT2D eigenvalue weighted by atomic mass is 10.5. The van der Waals surface area contributed by atoms with Gasteiger partial charge in [-0.25, -0.2) is 0 Å². The SMILES string of the molecule is CC1=NC=C(N)CS1. The van der Waals surface area contributed by atoms with Gasteiger partial charge < -0.3 is 5.73 Å². The third kappa shape index (κ3) is 1.26. The molecule has 0 fully saturated rings. The highest BCUT2D eigenvalue weighted by Crippen LogP contribution is 2.11. The van der Waals surface area contributed by atoms with E-state index < -0.39 is 0 Å². The topological polar surface area (TPSA) is 38.4 Å². The lowest BCUT2D eigenvalue weighted by Crippen LogP contribution is -2.04. The Morgan fingerprint density at radius 1 is 1.88 bits per heavy atom. The van der Waals surface area contributed by atoms with Crippen LogP contribution < -0.4 is 5.73 Å². The molecule has 0 amide bonds. The van der Waals surface area contributed by atoms with Crippen LogP contribution in [0.5, 0.6) is 0 Å². The van der Waals surface area contributed by atoms with Crippen LogP contribution in [0, 0.1) is 0 Å². The number of rotatable bonds is 0. The molecule has 0 bridgehead atoms. The first-order valence-electron chi connectivity index (χ1n) is 2.41. The predicted molar refractivity (Wildman–Crippen MR) is 37.8 cm³/mol. The number of aliphatic imine (C=N–C) groups is 1. The summed E-state index contributed by atoms with van der Waals surface area (Å²) in [5.74, 6) is 0.898. The Kier molecular flexibility index (Phi) is 1.58. The second-order valence-electron chi connectivity index (χ2n) is 1.64. The summed E-state index contributed by atoms with van der Waals surface area (Å²) in [5, 5.41) is 1.10. The lowest BCUT2D eigenvalue weighted by Gasteiger charge is -2.04. The molecule has 1 aliphatic heterocycles. The highest BCUT2D eigenvalue weighted by molar-refractivity contribution is 8.14.